The van der Waals surface area contributed by atoms with Crippen LogP contribution in [0.5, 0.6) is 5.75 Å². The van der Waals surface area contributed by atoms with Crippen LogP contribution in [0.2, 0.25) is 10.0 Å². The maximum Gasteiger partial charge on any atom is 0.436 e. The molecule has 0 unspecified atom stereocenters. The van der Waals surface area contributed by atoms with Gasteiger partial charge in [0.05, 0.1) is 27.6 Å². The fourth-order valence-electron chi connectivity index (χ4n) is 3.50. The van der Waals surface area contributed by atoms with E-state index >= 15 is 0 Å². The molecule has 1 saturated carbocycles. The number of hydrogen-bond acceptors (Lipinski definition) is 5. The molecule has 7 nitrogen and oxygen atoms in total. The molecule has 3 aromatic rings. The Labute approximate surface area is 208 Å². The van der Waals surface area contributed by atoms with Crippen LogP contribution in [0.15, 0.2) is 52.3 Å². The highest BCUT2D eigenvalue weighted by Crippen LogP contribution is 2.46. The Hall–Kier alpha value is -2.76. The lowest BCUT2D eigenvalue weighted by Crippen LogP contribution is -2.21. The summed E-state index contributed by atoms with van der Waals surface area (Å²) in [5, 5.41) is 5.88. The lowest BCUT2D eigenvalue weighted by atomic mass is 10.2. The normalized spacial score (nSPS) is 14.1. The summed E-state index contributed by atoms with van der Waals surface area (Å²) in [6.07, 6.45) is -3.47. The fourth-order valence-corrected chi connectivity index (χ4v) is 5.35. The highest BCUT2D eigenvalue weighted by atomic mass is 35.5. The Morgan fingerprint density at radius 2 is 1.80 bits per heavy atom. The van der Waals surface area contributed by atoms with Gasteiger partial charge in [-0.05, 0) is 49.2 Å². The van der Waals surface area contributed by atoms with Gasteiger partial charge < -0.3 is 10.1 Å². The SMILES string of the molecule is COc1cc(NC(=O)Cn2nc(C(F)(F)F)c(Cl)c2C2CC2)cc(S(=O)(=O)c2ccc(Cl)cc2)c1. The molecule has 186 valence electrons. The van der Waals surface area contributed by atoms with E-state index in [9.17, 15) is 26.4 Å². The molecule has 1 heterocycles. The van der Waals surface area contributed by atoms with Crippen LogP contribution in [0.4, 0.5) is 18.9 Å². The average molecular weight is 548 g/mol. The minimum Gasteiger partial charge on any atom is -0.497 e. The van der Waals surface area contributed by atoms with E-state index < -0.39 is 39.2 Å². The number of methoxy groups -OCH3 is 1. The van der Waals surface area contributed by atoms with Crippen LogP contribution in [0, 0.1) is 0 Å². The molecule has 1 amide bonds. The molecular formula is C22H18Cl2F3N3O4S. The first-order valence-electron chi connectivity index (χ1n) is 10.2. The molecule has 0 bridgehead atoms. The van der Waals surface area contributed by atoms with Crippen molar-refractivity contribution in [2.75, 3.05) is 12.4 Å². The second-order valence-corrected chi connectivity index (χ2v) is 10.6. The highest BCUT2D eigenvalue weighted by molar-refractivity contribution is 7.91. The van der Waals surface area contributed by atoms with Crippen molar-refractivity contribution in [1.82, 2.24) is 9.78 Å². The van der Waals surface area contributed by atoms with Crippen LogP contribution in [-0.2, 0) is 27.4 Å². The molecule has 0 atom stereocenters. The highest BCUT2D eigenvalue weighted by Gasteiger charge is 2.42. The standard InChI is InChI=1S/C22H18Cl2F3N3O4S/c1-34-15-8-14(9-17(10-15)35(32,33)16-6-4-13(23)5-7-16)28-18(31)11-30-20(12-2-3-12)19(24)21(29-30)22(25,26)27/h4-10,12H,2-3,11H2,1H3,(H,28,31). The number of nitrogens with zero attached hydrogens (tertiary/aromatic N) is 2. The topological polar surface area (TPSA) is 90.3 Å². The summed E-state index contributed by atoms with van der Waals surface area (Å²) in [4.78, 5) is 12.5. The number of nitrogens with one attached hydrogen (secondary N) is 1. The second-order valence-electron chi connectivity index (χ2n) is 7.88. The second kappa shape index (κ2) is 9.36. The van der Waals surface area contributed by atoms with Gasteiger partial charge in [-0.3, -0.25) is 9.48 Å². The Morgan fingerprint density at radius 3 is 2.37 bits per heavy atom. The van der Waals surface area contributed by atoms with Crippen molar-refractivity contribution in [1.29, 1.82) is 0 Å². The van der Waals surface area contributed by atoms with E-state index in [4.69, 9.17) is 27.9 Å². The number of alkyl halides is 3. The number of ether oxygens (including phenoxy) is 1. The molecule has 1 aliphatic rings. The van der Waals surface area contributed by atoms with Crippen molar-refractivity contribution in [2.24, 2.45) is 0 Å². The number of aromatic nitrogens is 2. The van der Waals surface area contributed by atoms with Crippen molar-refractivity contribution < 1.29 is 31.1 Å². The lowest BCUT2D eigenvalue weighted by molar-refractivity contribution is -0.141. The van der Waals surface area contributed by atoms with Gasteiger partial charge in [-0.15, -0.1) is 0 Å². The quantitative estimate of drug-likeness (QED) is 0.417. The van der Waals surface area contributed by atoms with Gasteiger partial charge in [-0.25, -0.2) is 8.42 Å². The number of sulfone groups is 1. The number of benzene rings is 2. The van der Waals surface area contributed by atoms with E-state index in [2.05, 4.69) is 10.4 Å². The van der Waals surface area contributed by atoms with Crippen LogP contribution in [0.25, 0.3) is 0 Å². The van der Waals surface area contributed by atoms with Crippen LogP contribution < -0.4 is 10.1 Å². The third-order valence-corrected chi connectivity index (χ3v) is 7.66. The molecule has 1 fully saturated rings. The Kier molecular flexibility index (Phi) is 6.78. The van der Waals surface area contributed by atoms with Gasteiger partial charge in [0.1, 0.15) is 12.3 Å². The number of carbonyl (C=O) groups is 1. The number of hydrogen-bond donors (Lipinski definition) is 1. The van der Waals surface area contributed by atoms with E-state index in [1.165, 1.54) is 49.6 Å². The third-order valence-electron chi connectivity index (χ3n) is 5.29. The third kappa shape index (κ3) is 5.41. The molecule has 2 aromatic carbocycles. The van der Waals surface area contributed by atoms with Gasteiger partial charge in [-0.1, -0.05) is 23.2 Å². The maximum atomic E-state index is 13.3. The van der Waals surface area contributed by atoms with Crippen LogP contribution in [-0.4, -0.2) is 31.2 Å². The van der Waals surface area contributed by atoms with Gasteiger partial charge in [-0.2, -0.15) is 18.3 Å². The molecule has 1 aromatic heterocycles. The first kappa shape index (κ1) is 25.3. The molecule has 0 saturated heterocycles. The predicted octanol–water partition coefficient (Wildman–Crippen LogP) is 5.57. The fraction of sp³-hybridized carbons (Fsp3) is 0.273. The van der Waals surface area contributed by atoms with Crippen LogP contribution in [0.3, 0.4) is 0 Å². The zero-order chi connectivity index (χ0) is 25.5. The largest absolute Gasteiger partial charge is 0.497 e. The van der Waals surface area contributed by atoms with E-state index in [-0.39, 0.29) is 32.8 Å². The molecule has 35 heavy (non-hydrogen) atoms. The van der Waals surface area contributed by atoms with E-state index in [1.807, 2.05) is 0 Å². The molecular weight excluding hydrogens is 530 g/mol. The number of anilines is 1. The molecule has 0 radical (unpaired) electrons. The zero-order valence-electron chi connectivity index (χ0n) is 18.1. The number of amides is 1. The van der Waals surface area contributed by atoms with Crippen LogP contribution in [0.1, 0.15) is 30.1 Å². The smallest absolute Gasteiger partial charge is 0.436 e. The van der Waals surface area contributed by atoms with Crippen molar-refractivity contribution in [3.8, 4) is 5.75 Å². The molecule has 1 N–H and O–H groups in total. The van der Waals surface area contributed by atoms with Gasteiger partial charge in [0.25, 0.3) is 0 Å². The first-order valence-corrected chi connectivity index (χ1v) is 12.5. The maximum absolute atomic E-state index is 13.3. The van der Waals surface area contributed by atoms with Gasteiger partial charge in [0.15, 0.2) is 5.69 Å². The van der Waals surface area contributed by atoms with E-state index in [0.29, 0.717) is 17.9 Å². The summed E-state index contributed by atoms with van der Waals surface area (Å²) in [7, 11) is -2.66. The zero-order valence-corrected chi connectivity index (χ0v) is 20.4. The molecule has 13 heteroatoms. The number of halogens is 5. The monoisotopic (exact) mass is 547 g/mol. The molecule has 0 spiro atoms. The van der Waals surface area contributed by atoms with Crippen molar-refractivity contribution >= 4 is 44.6 Å². The van der Waals surface area contributed by atoms with Crippen molar-refractivity contribution in [2.45, 2.75) is 41.3 Å². The van der Waals surface area contributed by atoms with E-state index in [1.54, 1.807) is 0 Å². The summed E-state index contributed by atoms with van der Waals surface area (Å²) in [5.41, 5.74) is -1.01. The Morgan fingerprint density at radius 1 is 1.14 bits per heavy atom. The van der Waals surface area contributed by atoms with Crippen LogP contribution >= 0.6 is 23.2 Å². The minimum absolute atomic E-state index is 0.0210. The Bertz CT molecular complexity index is 1390. The number of carbonyl (C=O) groups excluding carboxylic acids is 1. The summed E-state index contributed by atoms with van der Waals surface area (Å²) in [6, 6.07) is 9.44. The van der Waals surface area contributed by atoms with Crippen molar-refractivity contribution in [3.63, 3.8) is 0 Å². The predicted molar refractivity (Wildman–Crippen MR) is 123 cm³/mol. The van der Waals surface area contributed by atoms with Crippen molar-refractivity contribution in [3.05, 3.63) is 63.9 Å². The summed E-state index contributed by atoms with van der Waals surface area (Å²) in [5.74, 6) is -0.773. The lowest BCUT2D eigenvalue weighted by Gasteiger charge is -2.12. The van der Waals surface area contributed by atoms with Gasteiger partial charge in [0, 0.05) is 22.7 Å². The molecule has 4 rings (SSSR count). The minimum atomic E-state index is -4.76. The van der Waals surface area contributed by atoms with E-state index in [0.717, 1.165) is 4.68 Å². The Balaban J connectivity index is 1.62. The summed E-state index contributed by atoms with van der Waals surface area (Å²) >= 11 is 11.8. The van der Waals surface area contributed by atoms with Gasteiger partial charge >= 0.3 is 6.18 Å². The molecule has 1 aliphatic carbocycles. The summed E-state index contributed by atoms with van der Waals surface area (Å²) < 4.78 is 72.0. The average Bonchev–Trinajstić information content (AvgIpc) is 3.56. The molecule has 0 aliphatic heterocycles. The summed E-state index contributed by atoms with van der Waals surface area (Å²) in [6.45, 7) is -0.544. The van der Waals surface area contributed by atoms with Gasteiger partial charge in [0.2, 0.25) is 15.7 Å². The number of rotatable bonds is 7. The first-order chi connectivity index (χ1) is 16.4.